The van der Waals surface area contributed by atoms with Crippen molar-refractivity contribution < 1.29 is 17.9 Å². The van der Waals surface area contributed by atoms with E-state index in [2.05, 4.69) is 25.5 Å². The number of pyridine rings is 1. The molecule has 0 fully saturated rings. The van der Waals surface area contributed by atoms with Crippen LogP contribution in [0.2, 0.25) is 0 Å². The zero-order valence-electron chi connectivity index (χ0n) is 15.7. The molecule has 0 aliphatic rings. The summed E-state index contributed by atoms with van der Waals surface area (Å²) in [6.45, 7) is 1.98. The van der Waals surface area contributed by atoms with Crippen LogP contribution < -0.4 is 10.1 Å². The summed E-state index contributed by atoms with van der Waals surface area (Å²) in [6, 6.07) is 15.5. The van der Waals surface area contributed by atoms with Crippen molar-refractivity contribution in [2.45, 2.75) is 13.1 Å². The Bertz CT molecular complexity index is 1170. The molecule has 0 spiro atoms. The van der Waals surface area contributed by atoms with Crippen LogP contribution in [0.3, 0.4) is 0 Å². The predicted octanol–water partition coefficient (Wildman–Crippen LogP) is 5.73. The lowest BCUT2D eigenvalue weighted by atomic mass is 10.2. The van der Waals surface area contributed by atoms with E-state index in [9.17, 15) is 13.2 Å². The third-order valence-electron chi connectivity index (χ3n) is 4.19. The average Bonchev–Trinajstić information content (AvgIpc) is 3.16. The highest BCUT2D eigenvalue weighted by molar-refractivity contribution is 5.61. The van der Waals surface area contributed by atoms with Gasteiger partial charge in [0.15, 0.2) is 5.82 Å². The molecule has 0 aliphatic carbocycles. The molecule has 0 saturated heterocycles. The van der Waals surface area contributed by atoms with Crippen molar-refractivity contribution in [3.63, 3.8) is 0 Å². The molecule has 0 bridgehead atoms. The first-order valence-electron chi connectivity index (χ1n) is 8.94. The van der Waals surface area contributed by atoms with Gasteiger partial charge in [-0.05, 0) is 42.8 Å². The van der Waals surface area contributed by atoms with Gasteiger partial charge in [-0.25, -0.2) is 0 Å². The van der Waals surface area contributed by atoms with E-state index in [0.717, 1.165) is 17.4 Å². The molecule has 2 aromatic carbocycles. The van der Waals surface area contributed by atoms with Gasteiger partial charge < -0.3 is 15.0 Å². The van der Waals surface area contributed by atoms with E-state index in [1.165, 1.54) is 12.3 Å². The highest BCUT2D eigenvalue weighted by Gasteiger charge is 2.34. The Hall–Kier alpha value is -3.88. The van der Waals surface area contributed by atoms with Crippen molar-refractivity contribution in [1.82, 2.24) is 20.2 Å². The minimum atomic E-state index is -4.57. The second-order valence-corrected chi connectivity index (χ2v) is 6.52. The van der Waals surface area contributed by atoms with Crippen molar-refractivity contribution >= 4 is 11.6 Å². The molecule has 2 aromatic heterocycles. The minimum absolute atomic E-state index is 0.230. The number of alkyl halides is 3. The number of ether oxygens (including phenoxy) is 1. The molecule has 2 heterocycles. The lowest BCUT2D eigenvalue weighted by Crippen LogP contribution is -2.07. The van der Waals surface area contributed by atoms with Crippen LogP contribution >= 0.6 is 0 Å². The van der Waals surface area contributed by atoms with E-state index in [4.69, 9.17) is 4.74 Å². The average molecular weight is 411 g/mol. The maximum absolute atomic E-state index is 13.2. The van der Waals surface area contributed by atoms with Crippen LogP contribution in [0.1, 0.15) is 11.1 Å². The number of benzene rings is 2. The Morgan fingerprint density at radius 1 is 1.00 bits per heavy atom. The lowest BCUT2D eigenvalue weighted by molar-refractivity contribution is -0.138. The van der Waals surface area contributed by atoms with Crippen molar-refractivity contribution in [3.8, 4) is 22.9 Å². The maximum Gasteiger partial charge on any atom is 0.421 e. The number of hydrogen-bond donors (Lipinski definition) is 2. The van der Waals surface area contributed by atoms with Gasteiger partial charge in [0, 0.05) is 23.6 Å². The number of nitrogens with zero attached hydrogens (tertiary/aromatic N) is 3. The quantitative estimate of drug-likeness (QED) is 0.439. The first-order chi connectivity index (χ1) is 14.4. The predicted molar refractivity (Wildman–Crippen MR) is 106 cm³/mol. The maximum atomic E-state index is 13.2. The van der Waals surface area contributed by atoms with Gasteiger partial charge in [0.2, 0.25) is 5.95 Å². The summed E-state index contributed by atoms with van der Waals surface area (Å²) in [5, 5.41) is 11.3. The third-order valence-corrected chi connectivity index (χ3v) is 4.19. The smallest absolute Gasteiger partial charge is 0.421 e. The number of halogens is 3. The minimum Gasteiger partial charge on any atom is -0.457 e. The van der Waals surface area contributed by atoms with Gasteiger partial charge in [0.25, 0.3) is 0 Å². The SMILES string of the molecule is Cc1cccc(Nc2nnc(-c3cccc(Oc4ccncc4C(F)(F)F)c3)[nH]2)c1. The van der Waals surface area contributed by atoms with E-state index >= 15 is 0 Å². The highest BCUT2D eigenvalue weighted by Crippen LogP contribution is 2.37. The number of aromatic amines is 1. The summed E-state index contributed by atoms with van der Waals surface area (Å²) in [4.78, 5) is 6.58. The zero-order valence-corrected chi connectivity index (χ0v) is 15.7. The molecule has 2 N–H and O–H groups in total. The first kappa shape index (κ1) is 19.4. The van der Waals surface area contributed by atoms with Crippen LogP contribution in [0.4, 0.5) is 24.8 Å². The summed E-state index contributed by atoms with van der Waals surface area (Å²) in [5.41, 5.74) is 1.62. The summed E-state index contributed by atoms with van der Waals surface area (Å²) in [6.07, 6.45) is -2.59. The Morgan fingerprint density at radius 3 is 2.63 bits per heavy atom. The molecule has 30 heavy (non-hydrogen) atoms. The zero-order chi connectivity index (χ0) is 21.1. The molecule has 6 nitrogen and oxygen atoms in total. The van der Waals surface area contributed by atoms with Crippen molar-refractivity contribution in [2.24, 2.45) is 0 Å². The summed E-state index contributed by atoms with van der Waals surface area (Å²) < 4.78 is 44.9. The Kier molecular flexibility index (Phi) is 5.09. The van der Waals surface area contributed by atoms with E-state index in [-0.39, 0.29) is 11.5 Å². The molecule has 152 valence electrons. The molecule has 0 atom stereocenters. The number of hydrogen-bond acceptors (Lipinski definition) is 5. The first-order valence-corrected chi connectivity index (χ1v) is 8.94. The van der Waals surface area contributed by atoms with Crippen LogP contribution in [0.25, 0.3) is 11.4 Å². The van der Waals surface area contributed by atoms with Gasteiger partial charge >= 0.3 is 6.18 Å². The lowest BCUT2D eigenvalue weighted by Gasteiger charge is -2.13. The molecule has 0 saturated carbocycles. The standard InChI is InChI=1S/C21H16F3N5O/c1-13-4-2-6-15(10-13)26-20-27-19(28-29-20)14-5-3-7-16(11-14)30-18-8-9-25-12-17(18)21(22,23)24/h2-12H,1H3,(H2,26,27,28,29). The molecule has 4 aromatic rings. The van der Waals surface area contributed by atoms with Crippen LogP contribution in [0.15, 0.2) is 67.0 Å². The highest BCUT2D eigenvalue weighted by atomic mass is 19.4. The van der Waals surface area contributed by atoms with E-state index in [1.54, 1.807) is 24.3 Å². The molecule has 0 unspecified atom stereocenters. The second-order valence-electron chi connectivity index (χ2n) is 6.52. The molecule has 9 heteroatoms. The fourth-order valence-electron chi connectivity index (χ4n) is 2.83. The molecular formula is C21H16F3N5O. The van der Waals surface area contributed by atoms with Gasteiger partial charge in [0.05, 0.1) is 0 Å². The number of nitrogens with one attached hydrogen (secondary N) is 2. The normalized spacial score (nSPS) is 11.3. The van der Waals surface area contributed by atoms with Crippen LogP contribution in [-0.2, 0) is 6.18 Å². The monoisotopic (exact) mass is 411 g/mol. The fraction of sp³-hybridized carbons (Fsp3) is 0.0952. The number of aromatic nitrogens is 4. The summed E-state index contributed by atoms with van der Waals surface area (Å²) in [5.74, 6) is 0.791. The van der Waals surface area contributed by atoms with E-state index < -0.39 is 11.7 Å². The van der Waals surface area contributed by atoms with Crippen molar-refractivity contribution in [3.05, 3.63) is 78.1 Å². The van der Waals surface area contributed by atoms with Gasteiger partial charge in [-0.2, -0.15) is 13.2 Å². The molecule has 0 aliphatic heterocycles. The molecular weight excluding hydrogens is 395 g/mol. The molecule has 4 rings (SSSR count). The number of anilines is 2. The second kappa shape index (κ2) is 7.86. The number of rotatable bonds is 5. The van der Waals surface area contributed by atoms with Gasteiger partial charge in [-0.3, -0.25) is 4.98 Å². The fourth-order valence-corrected chi connectivity index (χ4v) is 2.83. The number of H-pyrrole nitrogens is 1. The van der Waals surface area contributed by atoms with Gasteiger partial charge in [-0.15, -0.1) is 10.2 Å². The van der Waals surface area contributed by atoms with Crippen LogP contribution in [-0.4, -0.2) is 20.2 Å². The van der Waals surface area contributed by atoms with E-state index in [0.29, 0.717) is 17.3 Å². The molecule has 0 radical (unpaired) electrons. The summed E-state index contributed by atoms with van der Waals surface area (Å²) in [7, 11) is 0. The largest absolute Gasteiger partial charge is 0.457 e. The van der Waals surface area contributed by atoms with Crippen LogP contribution in [0, 0.1) is 6.92 Å². The number of aryl methyl sites for hydroxylation is 1. The van der Waals surface area contributed by atoms with Gasteiger partial charge in [-0.1, -0.05) is 24.3 Å². The topological polar surface area (TPSA) is 75.7 Å². The Labute approximate surface area is 169 Å². The van der Waals surface area contributed by atoms with Gasteiger partial charge in [0.1, 0.15) is 17.1 Å². The third kappa shape index (κ3) is 4.40. The van der Waals surface area contributed by atoms with Crippen molar-refractivity contribution in [2.75, 3.05) is 5.32 Å². The Morgan fingerprint density at radius 2 is 1.83 bits per heavy atom. The Balaban J connectivity index is 1.56. The summed E-state index contributed by atoms with van der Waals surface area (Å²) >= 11 is 0. The molecule has 0 amide bonds. The van der Waals surface area contributed by atoms with E-state index in [1.807, 2.05) is 31.2 Å². The van der Waals surface area contributed by atoms with Crippen LogP contribution in [0.5, 0.6) is 11.5 Å². The van der Waals surface area contributed by atoms with Crippen molar-refractivity contribution in [1.29, 1.82) is 0 Å².